The lowest BCUT2D eigenvalue weighted by Gasteiger charge is -2.14. The van der Waals surface area contributed by atoms with Crippen molar-refractivity contribution in [2.75, 3.05) is 14.1 Å². The van der Waals surface area contributed by atoms with Crippen molar-refractivity contribution in [1.29, 1.82) is 5.41 Å². The quantitative estimate of drug-likeness (QED) is 0.595. The van der Waals surface area contributed by atoms with Crippen LogP contribution in [0.5, 0.6) is 0 Å². The van der Waals surface area contributed by atoms with Gasteiger partial charge >= 0.3 is 0 Å². The fourth-order valence-corrected chi connectivity index (χ4v) is 1.26. The van der Waals surface area contributed by atoms with Crippen molar-refractivity contribution in [3.8, 4) is 0 Å². The number of rotatable bonds is 2. The second-order valence-electron chi connectivity index (χ2n) is 3.22. The summed E-state index contributed by atoms with van der Waals surface area (Å²) in [6, 6.07) is 4.54. The van der Waals surface area contributed by atoms with Crippen molar-refractivity contribution in [3.63, 3.8) is 0 Å². The Morgan fingerprint density at radius 1 is 1.50 bits per heavy atom. The van der Waals surface area contributed by atoms with E-state index < -0.39 is 0 Å². The molecule has 1 aromatic carbocycles. The Hall–Kier alpha value is -1.09. The predicted octanol–water partition coefficient (Wildman–Crippen LogP) is 2.56. The first kappa shape index (κ1) is 11.0. The second-order valence-corrected chi connectivity index (χ2v) is 3.63. The molecule has 1 N–H and O–H groups in total. The standard InChI is InChI=1S/C10H12ClFN2/c1-14(2)10(13)6-7-8(11)4-3-5-9(7)12/h3-5,13H,6H2,1-2H3. The van der Waals surface area contributed by atoms with E-state index in [1.54, 1.807) is 31.1 Å². The van der Waals surface area contributed by atoms with Crippen LogP contribution in [0.4, 0.5) is 4.39 Å². The van der Waals surface area contributed by atoms with Crippen molar-refractivity contribution in [2.45, 2.75) is 6.42 Å². The summed E-state index contributed by atoms with van der Waals surface area (Å²) in [6.07, 6.45) is 0.221. The fourth-order valence-electron chi connectivity index (χ4n) is 1.03. The molecular formula is C10H12ClFN2. The lowest BCUT2D eigenvalue weighted by atomic mass is 10.1. The zero-order valence-corrected chi connectivity index (χ0v) is 8.90. The summed E-state index contributed by atoms with van der Waals surface area (Å²) in [7, 11) is 3.49. The smallest absolute Gasteiger partial charge is 0.128 e. The van der Waals surface area contributed by atoms with Gasteiger partial charge in [-0.3, -0.25) is 5.41 Å². The molecule has 14 heavy (non-hydrogen) atoms. The molecule has 0 aliphatic carbocycles. The minimum absolute atomic E-state index is 0.221. The third-order valence-electron chi connectivity index (χ3n) is 1.95. The highest BCUT2D eigenvalue weighted by Crippen LogP contribution is 2.19. The Kier molecular flexibility index (Phi) is 3.47. The van der Waals surface area contributed by atoms with E-state index in [9.17, 15) is 4.39 Å². The first-order chi connectivity index (χ1) is 6.52. The van der Waals surface area contributed by atoms with E-state index in [0.717, 1.165) is 0 Å². The predicted molar refractivity (Wildman–Crippen MR) is 56.5 cm³/mol. The lowest BCUT2D eigenvalue weighted by Crippen LogP contribution is -2.23. The first-order valence-corrected chi connectivity index (χ1v) is 4.58. The molecule has 0 aliphatic heterocycles. The molecule has 0 saturated heterocycles. The molecule has 0 amide bonds. The molecule has 0 saturated carbocycles. The van der Waals surface area contributed by atoms with Gasteiger partial charge in [0.15, 0.2) is 0 Å². The Morgan fingerprint density at radius 2 is 2.14 bits per heavy atom. The number of nitrogens with one attached hydrogen (secondary N) is 1. The van der Waals surface area contributed by atoms with Crippen molar-refractivity contribution < 1.29 is 4.39 Å². The summed E-state index contributed by atoms with van der Waals surface area (Å²) in [5, 5.41) is 7.95. The number of benzene rings is 1. The Bertz CT molecular complexity index is 330. The number of hydrogen-bond acceptors (Lipinski definition) is 1. The van der Waals surface area contributed by atoms with E-state index in [1.807, 2.05) is 0 Å². The van der Waals surface area contributed by atoms with E-state index in [1.165, 1.54) is 6.07 Å². The Labute approximate surface area is 87.8 Å². The van der Waals surface area contributed by atoms with Gasteiger partial charge in [-0.1, -0.05) is 17.7 Å². The molecular weight excluding hydrogens is 203 g/mol. The molecule has 0 unspecified atom stereocenters. The van der Waals surface area contributed by atoms with Crippen molar-refractivity contribution in [1.82, 2.24) is 4.90 Å². The van der Waals surface area contributed by atoms with Crippen molar-refractivity contribution in [2.24, 2.45) is 0 Å². The molecule has 0 bridgehead atoms. The summed E-state index contributed by atoms with van der Waals surface area (Å²) in [5.74, 6) is -0.0268. The third kappa shape index (κ3) is 2.45. The molecule has 1 aromatic rings. The Balaban J connectivity index is 2.91. The lowest BCUT2D eigenvalue weighted by molar-refractivity contribution is 0.589. The van der Waals surface area contributed by atoms with Crippen LogP contribution >= 0.6 is 11.6 Å². The number of amidine groups is 1. The number of nitrogens with zero attached hydrogens (tertiary/aromatic N) is 1. The molecule has 0 spiro atoms. The highest BCUT2D eigenvalue weighted by Gasteiger charge is 2.10. The van der Waals surface area contributed by atoms with Crippen LogP contribution in [0.2, 0.25) is 5.02 Å². The molecule has 1 rings (SSSR count). The molecule has 0 atom stereocenters. The number of hydrogen-bond donors (Lipinski definition) is 1. The molecule has 4 heteroatoms. The van der Waals surface area contributed by atoms with Crippen LogP contribution in [0.15, 0.2) is 18.2 Å². The van der Waals surface area contributed by atoms with E-state index >= 15 is 0 Å². The van der Waals surface area contributed by atoms with Gasteiger partial charge in [-0.25, -0.2) is 4.39 Å². The molecule has 0 radical (unpaired) electrons. The van der Waals surface area contributed by atoms with E-state index in [0.29, 0.717) is 16.4 Å². The highest BCUT2D eigenvalue weighted by molar-refractivity contribution is 6.31. The molecule has 2 nitrogen and oxygen atoms in total. The largest absolute Gasteiger partial charge is 0.366 e. The van der Waals surface area contributed by atoms with E-state index in [-0.39, 0.29) is 12.2 Å². The second kappa shape index (κ2) is 4.42. The van der Waals surface area contributed by atoms with Crippen molar-refractivity contribution in [3.05, 3.63) is 34.6 Å². The molecule has 0 fully saturated rings. The maximum atomic E-state index is 13.3. The van der Waals surface area contributed by atoms with Crippen LogP contribution in [0.1, 0.15) is 5.56 Å². The van der Waals surface area contributed by atoms with Gasteiger partial charge in [0.1, 0.15) is 5.82 Å². The van der Waals surface area contributed by atoms with Crippen molar-refractivity contribution >= 4 is 17.4 Å². The van der Waals surface area contributed by atoms with Gasteiger partial charge in [0.25, 0.3) is 0 Å². The van der Waals surface area contributed by atoms with Gasteiger partial charge < -0.3 is 4.90 Å². The maximum absolute atomic E-state index is 13.3. The van der Waals surface area contributed by atoms with Crippen LogP contribution in [0, 0.1) is 11.2 Å². The van der Waals surface area contributed by atoms with Crippen LogP contribution in [0.25, 0.3) is 0 Å². The fraction of sp³-hybridized carbons (Fsp3) is 0.300. The van der Waals surface area contributed by atoms with Crippen LogP contribution in [-0.2, 0) is 6.42 Å². The topological polar surface area (TPSA) is 27.1 Å². The summed E-state index contributed by atoms with van der Waals surface area (Å²) < 4.78 is 13.3. The SMILES string of the molecule is CN(C)C(=N)Cc1c(F)cccc1Cl. The normalized spacial score (nSPS) is 10.0. The van der Waals surface area contributed by atoms with Gasteiger partial charge in [0.05, 0.1) is 5.84 Å². The summed E-state index contributed by atoms with van der Waals surface area (Å²) in [4.78, 5) is 1.63. The van der Waals surface area contributed by atoms with Crippen LogP contribution in [0.3, 0.4) is 0 Å². The molecule has 0 aliphatic rings. The van der Waals surface area contributed by atoms with Crippen LogP contribution in [-0.4, -0.2) is 24.8 Å². The minimum Gasteiger partial charge on any atom is -0.366 e. The molecule has 0 heterocycles. The summed E-state index contributed by atoms with van der Waals surface area (Å²) in [6.45, 7) is 0. The third-order valence-corrected chi connectivity index (χ3v) is 2.30. The maximum Gasteiger partial charge on any atom is 0.128 e. The van der Waals surface area contributed by atoms with E-state index in [2.05, 4.69) is 0 Å². The van der Waals surface area contributed by atoms with Gasteiger partial charge in [0, 0.05) is 31.1 Å². The number of likely N-dealkylation sites (N-methyl/N-ethyl adjacent to an activating group) is 1. The van der Waals surface area contributed by atoms with E-state index in [4.69, 9.17) is 17.0 Å². The van der Waals surface area contributed by atoms with Gasteiger partial charge in [-0.15, -0.1) is 0 Å². The molecule has 76 valence electrons. The van der Waals surface area contributed by atoms with Gasteiger partial charge in [-0.2, -0.15) is 0 Å². The zero-order chi connectivity index (χ0) is 10.7. The molecule has 0 aromatic heterocycles. The van der Waals surface area contributed by atoms with Gasteiger partial charge in [0.2, 0.25) is 0 Å². The minimum atomic E-state index is -0.357. The monoisotopic (exact) mass is 214 g/mol. The summed E-state index contributed by atoms with van der Waals surface area (Å²) in [5.41, 5.74) is 0.382. The number of halogens is 2. The van der Waals surface area contributed by atoms with Crippen LogP contribution < -0.4 is 0 Å². The zero-order valence-electron chi connectivity index (χ0n) is 8.14. The highest BCUT2D eigenvalue weighted by atomic mass is 35.5. The first-order valence-electron chi connectivity index (χ1n) is 4.20. The Morgan fingerprint density at radius 3 is 2.64 bits per heavy atom. The van der Waals surface area contributed by atoms with Gasteiger partial charge in [-0.05, 0) is 12.1 Å². The summed E-state index contributed by atoms with van der Waals surface area (Å²) >= 11 is 5.82. The average Bonchev–Trinajstić information content (AvgIpc) is 2.11. The average molecular weight is 215 g/mol.